The smallest absolute Gasteiger partial charge is 0.0541 e. The number of aliphatic hydroxyl groups excluding tert-OH is 1. The lowest BCUT2D eigenvalue weighted by molar-refractivity contribution is 0.116. The summed E-state index contributed by atoms with van der Waals surface area (Å²) in [5.41, 5.74) is 0. The van der Waals surface area contributed by atoms with Gasteiger partial charge in [0.25, 0.3) is 0 Å². The zero-order valence-electron chi connectivity index (χ0n) is 9.62. The predicted molar refractivity (Wildman–Crippen MR) is 61.9 cm³/mol. The molecule has 2 fully saturated rings. The van der Waals surface area contributed by atoms with Crippen molar-refractivity contribution in [3.05, 3.63) is 0 Å². The molecule has 0 aromatic heterocycles. The van der Waals surface area contributed by atoms with Gasteiger partial charge in [-0.05, 0) is 51.6 Å². The van der Waals surface area contributed by atoms with E-state index in [1.807, 2.05) is 0 Å². The molecule has 1 heterocycles. The molecule has 0 amide bonds. The van der Waals surface area contributed by atoms with E-state index in [4.69, 9.17) is 0 Å². The van der Waals surface area contributed by atoms with Crippen LogP contribution in [0.25, 0.3) is 0 Å². The first-order valence-corrected chi connectivity index (χ1v) is 6.48. The second-order valence-electron chi connectivity index (χ2n) is 5.01. The van der Waals surface area contributed by atoms with E-state index in [2.05, 4.69) is 10.2 Å². The Balaban J connectivity index is 1.53. The second kappa shape index (κ2) is 5.83. The number of likely N-dealkylation sites (tertiary alicyclic amines) is 1. The summed E-state index contributed by atoms with van der Waals surface area (Å²) in [5, 5.41) is 13.0. The molecule has 0 spiro atoms. The van der Waals surface area contributed by atoms with E-state index >= 15 is 0 Å². The molecular weight excluding hydrogens is 188 g/mol. The molecule has 2 rings (SSSR count). The van der Waals surface area contributed by atoms with Crippen LogP contribution >= 0.6 is 0 Å². The van der Waals surface area contributed by atoms with Crippen LogP contribution in [-0.4, -0.2) is 48.3 Å². The van der Waals surface area contributed by atoms with Crippen molar-refractivity contribution in [1.29, 1.82) is 0 Å². The van der Waals surface area contributed by atoms with Gasteiger partial charge in [0.05, 0.1) is 6.10 Å². The van der Waals surface area contributed by atoms with E-state index in [0.717, 1.165) is 32.2 Å². The van der Waals surface area contributed by atoms with Gasteiger partial charge in [0, 0.05) is 19.1 Å². The van der Waals surface area contributed by atoms with Crippen LogP contribution in [0.3, 0.4) is 0 Å². The van der Waals surface area contributed by atoms with Crippen LogP contribution in [0.2, 0.25) is 0 Å². The second-order valence-corrected chi connectivity index (χ2v) is 5.01. The molecule has 3 nitrogen and oxygen atoms in total. The first-order valence-electron chi connectivity index (χ1n) is 6.48. The zero-order valence-corrected chi connectivity index (χ0v) is 9.62. The molecule has 0 radical (unpaired) electrons. The molecule has 88 valence electrons. The Morgan fingerprint density at radius 3 is 2.40 bits per heavy atom. The van der Waals surface area contributed by atoms with E-state index in [1.54, 1.807) is 0 Å². The molecule has 1 saturated heterocycles. The SMILES string of the molecule is OC1CCC(NCCN2CCCC2)CC1. The van der Waals surface area contributed by atoms with E-state index in [9.17, 15) is 5.11 Å². The third-order valence-electron chi connectivity index (χ3n) is 3.76. The van der Waals surface area contributed by atoms with Crippen LogP contribution in [0.1, 0.15) is 38.5 Å². The van der Waals surface area contributed by atoms with E-state index in [-0.39, 0.29) is 6.10 Å². The van der Waals surface area contributed by atoms with Crippen molar-refractivity contribution >= 4 is 0 Å². The van der Waals surface area contributed by atoms with Gasteiger partial charge >= 0.3 is 0 Å². The minimum absolute atomic E-state index is 0.0263. The molecule has 1 aliphatic carbocycles. The van der Waals surface area contributed by atoms with Crippen molar-refractivity contribution < 1.29 is 5.11 Å². The molecule has 0 unspecified atom stereocenters. The first-order chi connectivity index (χ1) is 7.34. The lowest BCUT2D eigenvalue weighted by Gasteiger charge is -2.27. The topological polar surface area (TPSA) is 35.5 Å². The molecule has 2 N–H and O–H groups in total. The Morgan fingerprint density at radius 2 is 1.73 bits per heavy atom. The summed E-state index contributed by atoms with van der Waals surface area (Å²) in [7, 11) is 0. The number of nitrogens with one attached hydrogen (secondary N) is 1. The fraction of sp³-hybridized carbons (Fsp3) is 1.00. The molecule has 1 aliphatic heterocycles. The van der Waals surface area contributed by atoms with Crippen molar-refractivity contribution in [3.8, 4) is 0 Å². The summed E-state index contributed by atoms with van der Waals surface area (Å²) in [5.74, 6) is 0. The van der Waals surface area contributed by atoms with Crippen LogP contribution in [0.15, 0.2) is 0 Å². The van der Waals surface area contributed by atoms with Gasteiger partial charge in [-0.25, -0.2) is 0 Å². The van der Waals surface area contributed by atoms with Crippen LogP contribution in [0.5, 0.6) is 0 Å². The van der Waals surface area contributed by atoms with Gasteiger partial charge in [0.2, 0.25) is 0 Å². The number of aliphatic hydroxyl groups is 1. The van der Waals surface area contributed by atoms with Gasteiger partial charge < -0.3 is 15.3 Å². The maximum atomic E-state index is 9.39. The van der Waals surface area contributed by atoms with Crippen molar-refractivity contribution in [2.45, 2.75) is 50.7 Å². The van der Waals surface area contributed by atoms with Gasteiger partial charge in [-0.3, -0.25) is 0 Å². The maximum absolute atomic E-state index is 9.39. The fourth-order valence-corrected chi connectivity index (χ4v) is 2.71. The molecule has 0 aromatic carbocycles. The van der Waals surface area contributed by atoms with Gasteiger partial charge in [-0.1, -0.05) is 0 Å². The molecular formula is C12H24N2O. The van der Waals surface area contributed by atoms with Crippen LogP contribution in [0, 0.1) is 0 Å². The Bertz CT molecular complexity index is 172. The number of rotatable bonds is 4. The lowest BCUT2D eigenvalue weighted by Crippen LogP contribution is -2.39. The average molecular weight is 212 g/mol. The summed E-state index contributed by atoms with van der Waals surface area (Å²) in [6, 6.07) is 0.663. The predicted octanol–water partition coefficient (Wildman–Crippen LogP) is 0.975. The standard InChI is InChI=1S/C12H24N2O/c15-12-5-3-11(4-6-12)13-7-10-14-8-1-2-9-14/h11-13,15H,1-10H2. The number of nitrogens with zero attached hydrogens (tertiary/aromatic N) is 1. The van der Waals surface area contributed by atoms with Crippen LogP contribution in [0.4, 0.5) is 0 Å². The zero-order chi connectivity index (χ0) is 10.5. The summed E-state index contributed by atoms with van der Waals surface area (Å²) >= 11 is 0. The average Bonchev–Trinajstić information content (AvgIpc) is 2.74. The Labute approximate surface area is 92.8 Å². The summed E-state index contributed by atoms with van der Waals surface area (Å²) < 4.78 is 0. The minimum Gasteiger partial charge on any atom is -0.393 e. The van der Waals surface area contributed by atoms with Gasteiger partial charge in [0.1, 0.15) is 0 Å². The minimum atomic E-state index is -0.0263. The van der Waals surface area contributed by atoms with Crippen molar-refractivity contribution in [2.24, 2.45) is 0 Å². The summed E-state index contributed by atoms with van der Waals surface area (Å²) in [4.78, 5) is 2.55. The normalized spacial score (nSPS) is 33.4. The molecule has 3 heteroatoms. The highest BCUT2D eigenvalue weighted by Gasteiger charge is 2.19. The first kappa shape index (κ1) is 11.4. The highest BCUT2D eigenvalue weighted by Crippen LogP contribution is 2.18. The summed E-state index contributed by atoms with van der Waals surface area (Å²) in [6.07, 6.45) is 7.03. The fourth-order valence-electron chi connectivity index (χ4n) is 2.71. The molecule has 2 aliphatic rings. The molecule has 0 bridgehead atoms. The third kappa shape index (κ3) is 3.74. The van der Waals surface area contributed by atoms with E-state index in [0.29, 0.717) is 6.04 Å². The molecule has 0 aromatic rings. The third-order valence-corrected chi connectivity index (χ3v) is 3.76. The summed E-state index contributed by atoms with van der Waals surface area (Å²) in [6.45, 7) is 4.93. The highest BCUT2D eigenvalue weighted by molar-refractivity contribution is 4.77. The van der Waals surface area contributed by atoms with E-state index in [1.165, 1.54) is 32.5 Å². The quantitative estimate of drug-likeness (QED) is 0.729. The van der Waals surface area contributed by atoms with Crippen molar-refractivity contribution in [1.82, 2.24) is 10.2 Å². The highest BCUT2D eigenvalue weighted by atomic mass is 16.3. The number of hydrogen-bond acceptors (Lipinski definition) is 3. The molecule has 0 atom stereocenters. The monoisotopic (exact) mass is 212 g/mol. The lowest BCUT2D eigenvalue weighted by atomic mass is 9.93. The number of hydrogen-bond donors (Lipinski definition) is 2. The molecule has 1 saturated carbocycles. The van der Waals surface area contributed by atoms with Crippen molar-refractivity contribution in [2.75, 3.05) is 26.2 Å². The van der Waals surface area contributed by atoms with Gasteiger partial charge in [0.15, 0.2) is 0 Å². The van der Waals surface area contributed by atoms with Crippen molar-refractivity contribution in [3.63, 3.8) is 0 Å². The Morgan fingerprint density at radius 1 is 1.07 bits per heavy atom. The van der Waals surface area contributed by atoms with Crippen LogP contribution < -0.4 is 5.32 Å². The Kier molecular flexibility index (Phi) is 4.42. The largest absolute Gasteiger partial charge is 0.393 e. The molecule has 15 heavy (non-hydrogen) atoms. The van der Waals surface area contributed by atoms with Gasteiger partial charge in [-0.2, -0.15) is 0 Å². The maximum Gasteiger partial charge on any atom is 0.0541 e. The Hall–Kier alpha value is -0.120. The van der Waals surface area contributed by atoms with Crippen LogP contribution in [-0.2, 0) is 0 Å². The van der Waals surface area contributed by atoms with Gasteiger partial charge in [-0.15, -0.1) is 0 Å². The van der Waals surface area contributed by atoms with E-state index < -0.39 is 0 Å².